The molecule has 0 amide bonds. The molecule has 0 saturated heterocycles. The third kappa shape index (κ3) is 4.29. The minimum absolute atomic E-state index is 0.000767. The van der Waals surface area contributed by atoms with Crippen LogP contribution in [0, 0.1) is 11.8 Å². The summed E-state index contributed by atoms with van der Waals surface area (Å²) in [4.78, 5) is 11.5. The molecule has 142 valence electrons. The van der Waals surface area contributed by atoms with Crippen molar-refractivity contribution in [3.05, 3.63) is 89.5 Å². The normalized spacial score (nSPS) is 10.6. The Morgan fingerprint density at radius 1 is 0.793 bits per heavy atom. The molecule has 4 aromatic carbocycles. The highest BCUT2D eigenvalue weighted by atomic mass is 16.5. The van der Waals surface area contributed by atoms with Crippen molar-refractivity contribution in [2.45, 2.75) is 6.92 Å². The van der Waals surface area contributed by atoms with Gasteiger partial charge in [-0.1, -0.05) is 42.2 Å². The zero-order chi connectivity index (χ0) is 20.2. The zero-order valence-electron chi connectivity index (χ0n) is 16.1. The summed E-state index contributed by atoms with van der Waals surface area (Å²) in [5.74, 6) is 7.27. The Balaban J connectivity index is 1.60. The molecule has 3 nitrogen and oxygen atoms in total. The number of fused-ring (bicyclic) bond motifs is 2. The van der Waals surface area contributed by atoms with Crippen molar-refractivity contribution in [2.24, 2.45) is 0 Å². The number of hydrogen-bond donors (Lipinski definition) is 1. The van der Waals surface area contributed by atoms with E-state index in [1.165, 1.54) is 0 Å². The molecule has 0 spiro atoms. The van der Waals surface area contributed by atoms with Gasteiger partial charge in [-0.3, -0.25) is 4.79 Å². The van der Waals surface area contributed by atoms with Crippen LogP contribution < -0.4 is 4.74 Å². The van der Waals surface area contributed by atoms with Crippen molar-refractivity contribution in [3.8, 4) is 17.6 Å². The van der Waals surface area contributed by atoms with E-state index in [0.29, 0.717) is 0 Å². The van der Waals surface area contributed by atoms with Gasteiger partial charge in [-0.25, -0.2) is 0 Å². The molecule has 0 radical (unpaired) electrons. The first kappa shape index (κ1) is 18.7. The minimum atomic E-state index is -0.000767. The fourth-order valence-corrected chi connectivity index (χ4v) is 3.24. The Morgan fingerprint density at radius 2 is 1.34 bits per heavy atom. The number of aliphatic hydroxyl groups excluding tert-OH is 1. The summed E-state index contributed by atoms with van der Waals surface area (Å²) in [7, 11) is 0. The number of aliphatic hydroxyl groups is 1. The fourth-order valence-electron chi connectivity index (χ4n) is 3.24. The molecular weight excluding hydrogens is 360 g/mol. The second-order valence-corrected chi connectivity index (χ2v) is 6.88. The summed E-state index contributed by atoms with van der Waals surface area (Å²) in [6.45, 7) is 1.86. The molecule has 0 aliphatic heterocycles. The van der Waals surface area contributed by atoms with Gasteiger partial charge in [-0.05, 0) is 70.9 Å². The van der Waals surface area contributed by atoms with Crippen LogP contribution in [-0.4, -0.2) is 24.1 Å². The van der Waals surface area contributed by atoms with Crippen LogP contribution in [0.25, 0.3) is 21.5 Å². The van der Waals surface area contributed by atoms with Crippen LogP contribution in [0.3, 0.4) is 0 Å². The monoisotopic (exact) mass is 380 g/mol. The van der Waals surface area contributed by atoms with E-state index in [1.807, 2.05) is 66.7 Å². The van der Waals surface area contributed by atoms with Crippen molar-refractivity contribution >= 4 is 27.3 Å². The molecule has 0 aromatic heterocycles. The Bertz CT molecular complexity index is 1280. The van der Waals surface area contributed by atoms with Crippen LogP contribution in [0.2, 0.25) is 0 Å². The van der Waals surface area contributed by atoms with E-state index in [4.69, 9.17) is 9.84 Å². The van der Waals surface area contributed by atoms with Gasteiger partial charge in [-0.2, -0.15) is 0 Å². The van der Waals surface area contributed by atoms with E-state index in [2.05, 4.69) is 17.9 Å². The van der Waals surface area contributed by atoms with Crippen LogP contribution in [0.1, 0.15) is 28.4 Å². The number of Topliss-reactive ketones (excluding diaryl/α,β-unsaturated/α-hetero) is 1. The number of ketones is 1. The highest BCUT2D eigenvalue weighted by molar-refractivity contribution is 5.98. The van der Waals surface area contributed by atoms with Gasteiger partial charge >= 0.3 is 0 Å². The lowest BCUT2D eigenvalue weighted by Gasteiger charge is -2.05. The number of benzene rings is 4. The van der Waals surface area contributed by atoms with Crippen molar-refractivity contribution in [3.63, 3.8) is 0 Å². The topological polar surface area (TPSA) is 46.5 Å². The first-order valence-electron chi connectivity index (χ1n) is 9.47. The predicted molar refractivity (Wildman–Crippen MR) is 116 cm³/mol. The molecule has 0 bridgehead atoms. The lowest BCUT2D eigenvalue weighted by atomic mass is 10.0. The summed E-state index contributed by atoms with van der Waals surface area (Å²) < 4.78 is 5.46. The van der Waals surface area contributed by atoms with Gasteiger partial charge in [0.1, 0.15) is 12.4 Å². The largest absolute Gasteiger partial charge is 0.491 e. The molecule has 0 aliphatic carbocycles. The van der Waals surface area contributed by atoms with Crippen molar-refractivity contribution in [1.82, 2.24) is 0 Å². The molecular formula is C26H20O3. The van der Waals surface area contributed by atoms with Crippen molar-refractivity contribution in [1.29, 1.82) is 0 Å². The zero-order valence-corrected chi connectivity index (χ0v) is 16.1. The number of hydrogen-bond acceptors (Lipinski definition) is 3. The summed E-state index contributed by atoms with van der Waals surface area (Å²) in [5, 5.41) is 13.1. The first-order valence-corrected chi connectivity index (χ1v) is 9.47. The molecule has 1 N–H and O–H groups in total. The maximum atomic E-state index is 11.5. The molecule has 0 fully saturated rings. The molecule has 4 aromatic rings. The third-order valence-electron chi connectivity index (χ3n) is 4.77. The molecule has 0 aliphatic rings. The number of carbonyl (C=O) groups excluding carboxylic acids is 1. The lowest BCUT2D eigenvalue weighted by Crippen LogP contribution is -2.01. The van der Waals surface area contributed by atoms with Gasteiger partial charge in [0.15, 0.2) is 5.78 Å². The second kappa shape index (κ2) is 8.18. The minimum Gasteiger partial charge on any atom is -0.491 e. The summed E-state index contributed by atoms with van der Waals surface area (Å²) in [5.41, 5.74) is 2.59. The number of carbonyl (C=O) groups is 1. The van der Waals surface area contributed by atoms with Crippen molar-refractivity contribution < 1.29 is 14.6 Å². The van der Waals surface area contributed by atoms with Crippen molar-refractivity contribution in [2.75, 3.05) is 13.2 Å². The average Bonchev–Trinajstić information content (AvgIpc) is 2.75. The van der Waals surface area contributed by atoms with Gasteiger partial charge in [0, 0.05) is 16.7 Å². The van der Waals surface area contributed by atoms with Crippen LogP contribution in [0.5, 0.6) is 5.75 Å². The van der Waals surface area contributed by atoms with E-state index < -0.39 is 0 Å². The first-order chi connectivity index (χ1) is 14.1. The van der Waals surface area contributed by atoms with E-state index in [-0.39, 0.29) is 19.0 Å². The highest BCUT2D eigenvalue weighted by Gasteiger charge is 2.02. The van der Waals surface area contributed by atoms with Crippen LogP contribution >= 0.6 is 0 Å². The molecule has 4 rings (SSSR count). The van der Waals surface area contributed by atoms with Crippen LogP contribution in [-0.2, 0) is 0 Å². The molecule has 0 unspecified atom stereocenters. The Hall–Kier alpha value is -3.61. The maximum Gasteiger partial charge on any atom is 0.159 e. The lowest BCUT2D eigenvalue weighted by molar-refractivity contribution is 0.101. The van der Waals surface area contributed by atoms with E-state index >= 15 is 0 Å². The van der Waals surface area contributed by atoms with E-state index in [9.17, 15) is 4.79 Å². The molecule has 29 heavy (non-hydrogen) atoms. The van der Waals surface area contributed by atoms with E-state index in [0.717, 1.165) is 44.0 Å². The SMILES string of the molecule is CC(=O)c1ccc2cc(C#Cc3ccc4cc(OCCO)ccc4c3)ccc2c1. The van der Waals surface area contributed by atoms with Gasteiger partial charge in [0.2, 0.25) is 0 Å². The fraction of sp³-hybridized carbons (Fsp3) is 0.115. The van der Waals surface area contributed by atoms with E-state index in [1.54, 1.807) is 6.92 Å². The highest BCUT2D eigenvalue weighted by Crippen LogP contribution is 2.22. The second-order valence-electron chi connectivity index (χ2n) is 6.88. The number of rotatable bonds is 4. The third-order valence-corrected chi connectivity index (χ3v) is 4.77. The molecule has 0 atom stereocenters. The summed E-state index contributed by atoms with van der Waals surface area (Å²) in [6.07, 6.45) is 0. The predicted octanol–water partition coefficient (Wildman–Crippen LogP) is 4.97. The van der Waals surface area contributed by atoms with Gasteiger partial charge in [0.05, 0.1) is 6.61 Å². The van der Waals surface area contributed by atoms with Gasteiger partial charge in [0.25, 0.3) is 0 Å². The Labute approximate surface area is 169 Å². The van der Waals surface area contributed by atoms with Crippen LogP contribution in [0.15, 0.2) is 72.8 Å². The smallest absolute Gasteiger partial charge is 0.159 e. The Morgan fingerprint density at radius 3 is 1.97 bits per heavy atom. The molecule has 0 saturated carbocycles. The summed E-state index contributed by atoms with van der Waals surface area (Å²) >= 11 is 0. The molecule has 3 heteroatoms. The average molecular weight is 380 g/mol. The van der Waals surface area contributed by atoms with Crippen LogP contribution in [0.4, 0.5) is 0 Å². The Kier molecular flexibility index (Phi) is 5.29. The number of ether oxygens (including phenoxy) is 1. The molecule has 0 heterocycles. The maximum absolute atomic E-state index is 11.5. The quantitative estimate of drug-likeness (QED) is 0.402. The standard InChI is InChI=1S/C26H20O3/c1-18(28)21-8-9-22-14-19(4-6-24(22)16-21)2-3-20-5-7-25-17-26(29-13-12-27)11-10-23(25)15-20/h4-11,14-17,27H,12-13H2,1H3. The van der Waals surface area contributed by atoms with Gasteiger partial charge in [-0.15, -0.1) is 0 Å². The summed E-state index contributed by atoms with van der Waals surface area (Å²) in [6, 6.07) is 23.7. The van der Waals surface area contributed by atoms with Gasteiger partial charge < -0.3 is 9.84 Å².